The molecule has 1 aromatic heterocycles. The Morgan fingerprint density at radius 3 is 2.80 bits per heavy atom. The topological polar surface area (TPSA) is 62.9 Å². The van der Waals surface area contributed by atoms with Crippen LogP contribution in [0.3, 0.4) is 0 Å². The van der Waals surface area contributed by atoms with E-state index in [9.17, 15) is 18.4 Å². The van der Waals surface area contributed by atoms with Gasteiger partial charge in [0.15, 0.2) is 0 Å². The Labute approximate surface area is 174 Å². The minimum atomic E-state index is -4.59. The molecule has 0 radical (unpaired) electrons. The number of hydrogen-bond donors (Lipinski definition) is 1. The van der Waals surface area contributed by atoms with Gasteiger partial charge in [0.05, 0.1) is 35.8 Å². The van der Waals surface area contributed by atoms with Gasteiger partial charge in [-0.05, 0) is 37.3 Å². The van der Waals surface area contributed by atoms with Gasteiger partial charge in [-0.1, -0.05) is 19.4 Å². The number of aromatic nitrogens is 2. The minimum Gasteiger partial charge on any atom is -0.383 e. The van der Waals surface area contributed by atoms with E-state index in [2.05, 4.69) is 14.9 Å². The number of halogens is 3. The van der Waals surface area contributed by atoms with E-state index in [1.54, 1.807) is 25.6 Å². The number of nitrogens with one attached hydrogen (secondary N) is 1. The Morgan fingerprint density at radius 1 is 1.33 bits per heavy atom. The average molecular weight is 420 g/mol. The second kappa shape index (κ2) is 9.52. The Balaban J connectivity index is 1.87. The van der Waals surface area contributed by atoms with Crippen LogP contribution in [0.4, 0.5) is 18.9 Å². The Kier molecular flexibility index (Phi) is 7.03. The average Bonchev–Trinajstić information content (AvgIpc) is 3.19. The van der Waals surface area contributed by atoms with Crippen molar-refractivity contribution in [1.29, 1.82) is 5.26 Å². The Hall–Kier alpha value is -2.53. The first-order valence-electron chi connectivity index (χ1n) is 10.3. The molecule has 0 bridgehead atoms. The van der Waals surface area contributed by atoms with E-state index < -0.39 is 11.7 Å². The van der Waals surface area contributed by atoms with Gasteiger partial charge in [0, 0.05) is 37.5 Å². The number of methoxy groups -OCH3 is 1. The number of nitriles is 1. The highest BCUT2D eigenvalue weighted by molar-refractivity contribution is 5.65. The van der Waals surface area contributed by atoms with Crippen LogP contribution in [-0.4, -0.2) is 29.3 Å². The van der Waals surface area contributed by atoms with Crippen LogP contribution in [0.5, 0.6) is 0 Å². The Morgan fingerprint density at radius 2 is 2.13 bits per heavy atom. The van der Waals surface area contributed by atoms with Gasteiger partial charge in [0.1, 0.15) is 0 Å². The zero-order valence-electron chi connectivity index (χ0n) is 17.3. The van der Waals surface area contributed by atoms with Crippen molar-refractivity contribution >= 4 is 5.69 Å². The van der Waals surface area contributed by atoms with Gasteiger partial charge in [-0.2, -0.15) is 18.4 Å². The molecule has 0 saturated heterocycles. The van der Waals surface area contributed by atoms with Crippen LogP contribution in [0.2, 0.25) is 0 Å². The number of nitrogens with zero attached hydrogens (tertiary/aromatic N) is 3. The van der Waals surface area contributed by atoms with E-state index in [4.69, 9.17) is 4.74 Å². The van der Waals surface area contributed by atoms with Gasteiger partial charge in [-0.3, -0.25) is 0 Å². The van der Waals surface area contributed by atoms with E-state index in [1.165, 1.54) is 6.07 Å². The quantitative estimate of drug-likeness (QED) is 0.675. The third kappa shape index (κ3) is 4.78. The molecule has 1 fully saturated rings. The maximum Gasteiger partial charge on any atom is 0.419 e. The summed E-state index contributed by atoms with van der Waals surface area (Å²) in [6, 6.07) is 4.49. The first kappa shape index (κ1) is 22.2. The van der Waals surface area contributed by atoms with Crippen LogP contribution < -0.4 is 5.32 Å². The monoisotopic (exact) mass is 420 g/mol. The summed E-state index contributed by atoms with van der Waals surface area (Å²) in [6.45, 7) is 3.10. The number of anilines is 1. The summed E-state index contributed by atoms with van der Waals surface area (Å²) >= 11 is 0. The molecule has 1 aliphatic rings. The largest absolute Gasteiger partial charge is 0.419 e. The summed E-state index contributed by atoms with van der Waals surface area (Å²) in [5, 5.41) is 12.4. The molecule has 0 amide bonds. The van der Waals surface area contributed by atoms with Crippen LogP contribution in [0, 0.1) is 11.3 Å². The standard InChI is InChI=1S/C22H27F3N4O/c1-3-15-7-8-17(12-26)20(22(23,24)25)21(15)28-18-6-4-5-16(11-18)19-13-27-14-29(19)9-10-30-2/h7-8,13-14,16,18,28H,3-6,9-11H2,1-2H3. The molecule has 0 aliphatic heterocycles. The highest BCUT2D eigenvalue weighted by atomic mass is 19.4. The van der Waals surface area contributed by atoms with Crippen molar-refractivity contribution in [2.45, 2.75) is 63.7 Å². The lowest BCUT2D eigenvalue weighted by atomic mass is 9.83. The molecule has 1 saturated carbocycles. The van der Waals surface area contributed by atoms with Gasteiger partial charge in [-0.25, -0.2) is 4.98 Å². The number of imidazole rings is 1. The molecule has 1 N–H and O–H groups in total. The van der Waals surface area contributed by atoms with E-state index in [1.807, 2.05) is 13.1 Å². The smallest absolute Gasteiger partial charge is 0.383 e. The van der Waals surface area contributed by atoms with Crippen molar-refractivity contribution < 1.29 is 17.9 Å². The lowest BCUT2D eigenvalue weighted by Crippen LogP contribution is -2.29. The SMILES string of the molecule is CCc1ccc(C#N)c(C(F)(F)F)c1NC1CCCC(c2cncn2CCOC)C1. The number of ether oxygens (including phenoxy) is 1. The van der Waals surface area contributed by atoms with Gasteiger partial charge >= 0.3 is 6.18 Å². The van der Waals surface area contributed by atoms with Crippen LogP contribution in [0.1, 0.15) is 60.9 Å². The predicted molar refractivity (Wildman–Crippen MR) is 108 cm³/mol. The minimum absolute atomic E-state index is 0.0580. The summed E-state index contributed by atoms with van der Waals surface area (Å²) in [4.78, 5) is 4.26. The molecule has 5 nitrogen and oxygen atoms in total. The van der Waals surface area contributed by atoms with Crippen LogP contribution in [0.15, 0.2) is 24.7 Å². The van der Waals surface area contributed by atoms with Gasteiger partial charge in [-0.15, -0.1) is 0 Å². The first-order chi connectivity index (χ1) is 14.4. The number of rotatable bonds is 7. The molecular formula is C22H27F3N4O. The molecule has 1 aromatic carbocycles. The van der Waals surface area contributed by atoms with Crippen molar-refractivity contribution in [2.75, 3.05) is 19.0 Å². The fraction of sp³-hybridized carbons (Fsp3) is 0.545. The third-order valence-corrected chi connectivity index (χ3v) is 5.80. The van der Waals surface area contributed by atoms with E-state index in [-0.39, 0.29) is 23.2 Å². The second-order valence-electron chi connectivity index (χ2n) is 7.69. The van der Waals surface area contributed by atoms with Crippen LogP contribution in [-0.2, 0) is 23.9 Å². The van der Waals surface area contributed by atoms with Crippen molar-refractivity contribution in [3.8, 4) is 6.07 Å². The highest BCUT2D eigenvalue weighted by Crippen LogP contribution is 2.41. The number of benzene rings is 1. The number of aryl methyl sites for hydroxylation is 1. The van der Waals surface area contributed by atoms with Gasteiger partial charge < -0.3 is 14.6 Å². The first-order valence-corrected chi connectivity index (χ1v) is 10.3. The highest BCUT2D eigenvalue weighted by Gasteiger charge is 2.38. The summed E-state index contributed by atoms with van der Waals surface area (Å²) in [6.07, 6.45) is 2.88. The fourth-order valence-corrected chi connectivity index (χ4v) is 4.33. The maximum absolute atomic E-state index is 13.8. The third-order valence-electron chi connectivity index (χ3n) is 5.80. The van der Waals surface area contributed by atoms with Crippen LogP contribution >= 0.6 is 0 Å². The number of hydrogen-bond acceptors (Lipinski definition) is 4. The number of alkyl halides is 3. The molecule has 2 unspecified atom stereocenters. The molecule has 0 spiro atoms. The van der Waals surface area contributed by atoms with Crippen molar-refractivity contribution in [2.24, 2.45) is 0 Å². The fourth-order valence-electron chi connectivity index (χ4n) is 4.33. The molecule has 3 rings (SSSR count). The lowest BCUT2D eigenvalue weighted by Gasteiger charge is -2.32. The van der Waals surface area contributed by atoms with E-state index in [0.29, 0.717) is 25.1 Å². The molecule has 1 heterocycles. The molecular weight excluding hydrogens is 393 g/mol. The normalized spacial score (nSPS) is 19.5. The van der Waals surface area contributed by atoms with Gasteiger partial charge in [0.2, 0.25) is 0 Å². The molecule has 2 atom stereocenters. The van der Waals surface area contributed by atoms with Gasteiger partial charge in [0.25, 0.3) is 0 Å². The van der Waals surface area contributed by atoms with Crippen LogP contribution in [0.25, 0.3) is 0 Å². The maximum atomic E-state index is 13.8. The van der Waals surface area contributed by atoms with E-state index in [0.717, 1.165) is 31.4 Å². The predicted octanol–water partition coefficient (Wildman–Crippen LogP) is 5.12. The summed E-state index contributed by atoms with van der Waals surface area (Å²) in [5.74, 6) is 0.217. The summed E-state index contributed by atoms with van der Waals surface area (Å²) in [7, 11) is 1.65. The second-order valence-corrected chi connectivity index (χ2v) is 7.69. The Bertz CT molecular complexity index is 901. The molecule has 2 aromatic rings. The zero-order valence-corrected chi connectivity index (χ0v) is 17.3. The summed E-state index contributed by atoms with van der Waals surface area (Å²) < 4.78 is 48.7. The van der Waals surface area contributed by atoms with Crippen molar-refractivity contribution in [1.82, 2.24) is 9.55 Å². The summed E-state index contributed by atoms with van der Waals surface area (Å²) in [5.41, 5.74) is 0.538. The molecule has 30 heavy (non-hydrogen) atoms. The molecule has 1 aliphatic carbocycles. The lowest BCUT2D eigenvalue weighted by molar-refractivity contribution is -0.137. The molecule has 162 valence electrons. The van der Waals surface area contributed by atoms with E-state index >= 15 is 0 Å². The van der Waals surface area contributed by atoms with Crippen molar-refractivity contribution in [3.63, 3.8) is 0 Å². The zero-order chi connectivity index (χ0) is 21.7. The molecule has 8 heteroatoms. The van der Waals surface area contributed by atoms with Crippen molar-refractivity contribution in [3.05, 3.63) is 47.0 Å².